The van der Waals surface area contributed by atoms with Gasteiger partial charge in [0.05, 0.1) is 12.5 Å². The normalized spacial score (nSPS) is 11.9. The summed E-state index contributed by atoms with van der Waals surface area (Å²) < 4.78 is 0. The first kappa shape index (κ1) is 11.4. The van der Waals surface area contributed by atoms with Crippen LogP contribution < -0.4 is 5.32 Å². The Morgan fingerprint density at radius 3 is 2.40 bits per heavy atom. The second-order valence-corrected chi connectivity index (χ2v) is 3.56. The van der Waals surface area contributed by atoms with Crippen LogP contribution in [0.25, 0.3) is 0 Å². The van der Waals surface area contributed by atoms with Gasteiger partial charge in [-0.3, -0.25) is 9.59 Å². The van der Waals surface area contributed by atoms with Crippen LogP contribution in [0.4, 0.5) is 0 Å². The molecule has 3 nitrogen and oxygen atoms in total. The van der Waals surface area contributed by atoms with E-state index in [1.54, 1.807) is 6.92 Å². The van der Waals surface area contributed by atoms with Crippen LogP contribution >= 0.6 is 0 Å². The van der Waals surface area contributed by atoms with Crippen molar-refractivity contribution in [1.29, 1.82) is 0 Å². The van der Waals surface area contributed by atoms with E-state index < -0.39 is 6.04 Å². The van der Waals surface area contributed by atoms with Crippen molar-refractivity contribution < 1.29 is 9.59 Å². The molecule has 0 aliphatic carbocycles. The highest BCUT2D eigenvalue weighted by molar-refractivity contribution is 5.87. The maximum absolute atomic E-state index is 11.5. The third kappa shape index (κ3) is 3.94. The molecule has 0 fully saturated rings. The van der Waals surface area contributed by atoms with Gasteiger partial charge in [-0.1, -0.05) is 30.3 Å². The van der Waals surface area contributed by atoms with E-state index in [4.69, 9.17) is 0 Å². The summed E-state index contributed by atoms with van der Waals surface area (Å²) >= 11 is 0. The zero-order valence-electron chi connectivity index (χ0n) is 8.99. The van der Waals surface area contributed by atoms with Crippen LogP contribution in [0.5, 0.6) is 0 Å². The highest BCUT2D eigenvalue weighted by atomic mass is 16.2. The van der Waals surface area contributed by atoms with E-state index >= 15 is 0 Å². The molecular formula is C12H15NO2. The Bertz CT molecular complexity index is 346. The van der Waals surface area contributed by atoms with E-state index in [-0.39, 0.29) is 11.7 Å². The summed E-state index contributed by atoms with van der Waals surface area (Å²) in [6, 6.07) is 9.05. The van der Waals surface area contributed by atoms with Gasteiger partial charge in [0.1, 0.15) is 0 Å². The van der Waals surface area contributed by atoms with Gasteiger partial charge in [-0.15, -0.1) is 0 Å². The lowest BCUT2D eigenvalue weighted by molar-refractivity contribution is -0.126. The predicted octanol–water partition coefficient (Wildman–Crippen LogP) is 1.32. The summed E-state index contributed by atoms with van der Waals surface area (Å²) in [6.45, 7) is 3.15. The summed E-state index contributed by atoms with van der Waals surface area (Å²) in [5, 5.41) is 2.64. The maximum Gasteiger partial charge on any atom is 0.224 e. The van der Waals surface area contributed by atoms with E-state index in [0.29, 0.717) is 6.42 Å². The Kier molecular flexibility index (Phi) is 4.03. The van der Waals surface area contributed by atoms with E-state index in [1.165, 1.54) is 6.92 Å². The van der Waals surface area contributed by atoms with Crippen LogP contribution in [0.3, 0.4) is 0 Å². The predicted molar refractivity (Wildman–Crippen MR) is 58.4 cm³/mol. The van der Waals surface area contributed by atoms with Crippen molar-refractivity contribution >= 4 is 11.7 Å². The Morgan fingerprint density at radius 1 is 1.27 bits per heavy atom. The number of Topliss-reactive ketones (excluding diaryl/α,β-unsaturated/α-hetero) is 1. The molecule has 1 atom stereocenters. The quantitative estimate of drug-likeness (QED) is 0.805. The SMILES string of the molecule is CC(=O)[C@H](C)NC(=O)Cc1ccccc1. The number of nitrogens with one attached hydrogen (secondary N) is 1. The fourth-order valence-corrected chi connectivity index (χ4v) is 1.18. The Balaban J connectivity index is 2.47. The molecule has 0 bridgehead atoms. The summed E-state index contributed by atoms with van der Waals surface area (Å²) in [5.74, 6) is -0.152. The molecule has 0 radical (unpaired) electrons. The lowest BCUT2D eigenvalue weighted by atomic mass is 10.1. The molecule has 0 aromatic heterocycles. The molecule has 0 heterocycles. The number of carbonyl (C=O) groups is 2. The number of benzene rings is 1. The van der Waals surface area contributed by atoms with Gasteiger partial charge in [0.2, 0.25) is 5.91 Å². The van der Waals surface area contributed by atoms with E-state index in [9.17, 15) is 9.59 Å². The smallest absolute Gasteiger partial charge is 0.224 e. The monoisotopic (exact) mass is 205 g/mol. The second-order valence-electron chi connectivity index (χ2n) is 3.56. The molecule has 0 aliphatic rings. The van der Waals surface area contributed by atoms with Crippen molar-refractivity contribution in [3.63, 3.8) is 0 Å². The summed E-state index contributed by atoms with van der Waals surface area (Å²) in [7, 11) is 0. The Labute approximate surface area is 89.5 Å². The molecule has 15 heavy (non-hydrogen) atoms. The summed E-state index contributed by atoms with van der Waals surface area (Å²) in [5.41, 5.74) is 0.950. The minimum Gasteiger partial charge on any atom is -0.346 e. The number of carbonyl (C=O) groups excluding carboxylic acids is 2. The Hall–Kier alpha value is -1.64. The number of ketones is 1. The van der Waals surface area contributed by atoms with Gasteiger partial charge >= 0.3 is 0 Å². The number of amides is 1. The average molecular weight is 205 g/mol. The molecule has 0 saturated carbocycles. The van der Waals surface area contributed by atoms with Crippen molar-refractivity contribution in [2.24, 2.45) is 0 Å². The zero-order valence-corrected chi connectivity index (χ0v) is 8.99. The highest BCUT2D eigenvalue weighted by Crippen LogP contribution is 1.99. The fraction of sp³-hybridized carbons (Fsp3) is 0.333. The molecule has 0 spiro atoms. The third-order valence-corrected chi connectivity index (χ3v) is 2.19. The van der Waals surface area contributed by atoms with Crippen molar-refractivity contribution in [1.82, 2.24) is 5.32 Å². The van der Waals surface area contributed by atoms with Gasteiger partial charge in [-0.2, -0.15) is 0 Å². The lowest BCUT2D eigenvalue weighted by Crippen LogP contribution is -2.38. The first-order valence-electron chi connectivity index (χ1n) is 4.93. The molecule has 0 saturated heterocycles. The highest BCUT2D eigenvalue weighted by Gasteiger charge is 2.10. The molecule has 80 valence electrons. The third-order valence-electron chi connectivity index (χ3n) is 2.19. The second kappa shape index (κ2) is 5.29. The van der Waals surface area contributed by atoms with Gasteiger partial charge in [0.15, 0.2) is 5.78 Å². The molecule has 1 aromatic rings. The van der Waals surface area contributed by atoms with Crippen LogP contribution in [-0.4, -0.2) is 17.7 Å². The molecule has 1 rings (SSSR count). The molecule has 3 heteroatoms. The molecule has 1 amide bonds. The van der Waals surface area contributed by atoms with Gasteiger partial charge < -0.3 is 5.32 Å². The number of hydrogen-bond acceptors (Lipinski definition) is 2. The number of rotatable bonds is 4. The van der Waals surface area contributed by atoms with Crippen molar-refractivity contribution in [2.75, 3.05) is 0 Å². The van der Waals surface area contributed by atoms with Crippen LogP contribution in [0.15, 0.2) is 30.3 Å². The van der Waals surface area contributed by atoms with Gasteiger partial charge in [-0.05, 0) is 19.4 Å². The minimum atomic E-state index is -0.402. The molecular weight excluding hydrogens is 190 g/mol. The topological polar surface area (TPSA) is 46.2 Å². The molecule has 0 aliphatic heterocycles. The van der Waals surface area contributed by atoms with E-state index in [0.717, 1.165) is 5.56 Å². The zero-order chi connectivity index (χ0) is 11.3. The minimum absolute atomic E-state index is 0.0311. The largest absolute Gasteiger partial charge is 0.346 e. The van der Waals surface area contributed by atoms with Gasteiger partial charge in [-0.25, -0.2) is 0 Å². The van der Waals surface area contributed by atoms with Gasteiger partial charge in [0, 0.05) is 0 Å². The molecule has 1 aromatic carbocycles. The fourth-order valence-electron chi connectivity index (χ4n) is 1.18. The average Bonchev–Trinajstić information content (AvgIpc) is 2.18. The Morgan fingerprint density at radius 2 is 1.87 bits per heavy atom. The van der Waals surface area contributed by atoms with Crippen LogP contribution in [-0.2, 0) is 16.0 Å². The van der Waals surface area contributed by atoms with Crippen molar-refractivity contribution in [3.05, 3.63) is 35.9 Å². The van der Waals surface area contributed by atoms with Crippen molar-refractivity contribution in [3.8, 4) is 0 Å². The van der Waals surface area contributed by atoms with E-state index in [1.807, 2.05) is 30.3 Å². The molecule has 1 N–H and O–H groups in total. The van der Waals surface area contributed by atoms with Crippen molar-refractivity contribution in [2.45, 2.75) is 26.3 Å². The molecule has 0 unspecified atom stereocenters. The summed E-state index contributed by atoms with van der Waals surface area (Å²) in [4.78, 5) is 22.4. The van der Waals surface area contributed by atoms with Crippen LogP contribution in [0.2, 0.25) is 0 Å². The van der Waals surface area contributed by atoms with Crippen LogP contribution in [0.1, 0.15) is 19.4 Å². The number of hydrogen-bond donors (Lipinski definition) is 1. The maximum atomic E-state index is 11.5. The lowest BCUT2D eigenvalue weighted by Gasteiger charge is -2.10. The first-order chi connectivity index (χ1) is 7.09. The summed E-state index contributed by atoms with van der Waals surface area (Å²) in [6.07, 6.45) is 0.318. The standard InChI is InChI=1S/C12H15NO2/c1-9(10(2)14)13-12(15)8-11-6-4-3-5-7-11/h3-7,9H,8H2,1-2H3,(H,13,15)/t9-/m0/s1. The first-order valence-corrected chi connectivity index (χ1v) is 4.93. The van der Waals surface area contributed by atoms with E-state index in [2.05, 4.69) is 5.32 Å². The van der Waals surface area contributed by atoms with Gasteiger partial charge in [0.25, 0.3) is 0 Å². The van der Waals surface area contributed by atoms with Crippen LogP contribution in [0, 0.1) is 0 Å².